The van der Waals surface area contributed by atoms with Gasteiger partial charge in [-0.3, -0.25) is 0 Å². The van der Waals surface area contributed by atoms with Crippen molar-refractivity contribution >= 4 is 17.8 Å². The Morgan fingerprint density at radius 3 is 1.96 bits per heavy atom. The smallest absolute Gasteiger partial charge is 0.231 e. The van der Waals surface area contributed by atoms with Crippen molar-refractivity contribution in [3.05, 3.63) is 84.4 Å². The Balaban J connectivity index is 1.85. The molecule has 0 saturated carbocycles. The average molecular weight is 352 g/mol. The Morgan fingerprint density at radius 1 is 0.800 bits per heavy atom. The topological polar surface area (TPSA) is 55.8 Å². The van der Waals surface area contributed by atoms with E-state index in [0.717, 1.165) is 0 Å². The summed E-state index contributed by atoms with van der Waals surface area (Å²) in [5.74, 6) is 0.0150. The van der Waals surface area contributed by atoms with Crippen LogP contribution in [0, 0.1) is 0 Å². The minimum atomic E-state index is -3.30. The molecule has 4 nitrogen and oxygen atoms in total. The number of rotatable bonds is 4. The van der Waals surface area contributed by atoms with Crippen LogP contribution in [0.15, 0.2) is 78.9 Å². The van der Waals surface area contributed by atoms with E-state index in [1.807, 2.05) is 36.4 Å². The molecule has 1 aliphatic heterocycles. The molecule has 1 N–H and O–H groups in total. The van der Waals surface area contributed by atoms with Crippen LogP contribution in [-0.2, 0) is 4.57 Å². The van der Waals surface area contributed by atoms with Crippen LogP contribution in [0.25, 0.3) is 0 Å². The lowest BCUT2D eigenvalue weighted by Crippen LogP contribution is -2.21. The van der Waals surface area contributed by atoms with Gasteiger partial charge >= 0.3 is 0 Å². The monoisotopic (exact) mass is 352 g/mol. The molecule has 1 aliphatic rings. The number of fused-ring (bicyclic) bond motifs is 1. The second-order valence-corrected chi connectivity index (χ2v) is 8.65. The van der Waals surface area contributed by atoms with Crippen LogP contribution < -0.4 is 20.1 Å². The first kappa shape index (κ1) is 15.9. The molecule has 0 radical (unpaired) electrons. The molecule has 0 spiro atoms. The molecule has 3 aromatic rings. The summed E-state index contributed by atoms with van der Waals surface area (Å²) < 4.78 is 24.8. The lowest BCUT2D eigenvalue weighted by atomic mass is 10.2. The second kappa shape index (κ2) is 6.40. The van der Waals surface area contributed by atoms with Crippen LogP contribution in [0.2, 0.25) is 0 Å². The van der Waals surface area contributed by atoms with Crippen LogP contribution in [0.4, 0.5) is 0 Å². The van der Waals surface area contributed by atoms with Crippen LogP contribution >= 0.6 is 7.14 Å². The van der Waals surface area contributed by atoms with Crippen LogP contribution in [0.5, 0.6) is 11.5 Å². The number of ether oxygens (including phenoxy) is 2. The molecule has 1 atom stereocenters. The third kappa shape index (κ3) is 2.74. The van der Waals surface area contributed by atoms with Gasteiger partial charge in [0.1, 0.15) is 5.85 Å². The predicted molar refractivity (Wildman–Crippen MR) is 97.3 cm³/mol. The Hall–Kier alpha value is -2.55. The minimum absolute atomic E-state index is 0.157. The van der Waals surface area contributed by atoms with Gasteiger partial charge in [-0.15, -0.1) is 0 Å². The van der Waals surface area contributed by atoms with E-state index >= 15 is 0 Å². The molecule has 0 fully saturated rings. The first-order chi connectivity index (χ1) is 12.2. The summed E-state index contributed by atoms with van der Waals surface area (Å²) in [5.41, 5.74) is 0.542. The van der Waals surface area contributed by atoms with Crippen molar-refractivity contribution in [1.82, 2.24) is 0 Å². The summed E-state index contributed by atoms with van der Waals surface area (Å²) in [4.78, 5) is 0. The third-order valence-corrected chi connectivity index (χ3v) is 7.44. The lowest BCUT2D eigenvalue weighted by Gasteiger charge is -2.25. The highest BCUT2D eigenvalue weighted by atomic mass is 31.2. The average Bonchev–Trinajstić information content (AvgIpc) is 3.16. The van der Waals surface area contributed by atoms with Gasteiger partial charge in [0.15, 0.2) is 18.6 Å². The molecule has 0 unspecified atom stereocenters. The molecular weight excluding hydrogens is 335 g/mol. The maximum Gasteiger partial charge on any atom is 0.231 e. The van der Waals surface area contributed by atoms with Gasteiger partial charge in [0.05, 0.1) is 0 Å². The number of aliphatic hydroxyl groups excluding tert-OH is 1. The SMILES string of the molecule is O=P(c1ccccc1)(c1ccccc1)[C@H](O)c1ccc2c(c1)OCO2. The fraction of sp³-hybridized carbons (Fsp3) is 0.100. The fourth-order valence-corrected chi connectivity index (χ4v) is 5.69. The molecule has 0 saturated heterocycles. The van der Waals surface area contributed by atoms with Crippen molar-refractivity contribution in [2.75, 3.05) is 6.79 Å². The highest BCUT2D eigenvalue weighted by molar-refractivity contribution is 7.78. The van der Waals surface area contributed by atoms with Crippen LogP contribution in [-0.4, -0.2) is 11.9 Å². The number of hydrogen-bond donors (Lipinski definition) is 1. The van der Waals surface area contributed by atoms with Gasteiger partial charge in [-0.05, 0) is 17.7 Å². The molecular formula is C20H17O4P. The minimum Gasteiger partial charge on any atom is -0.454 e. The molecule has 0 amide bonds. The summed E-state index contributed by atoms with van der Waals surface area (Å²) in [7, 11) is -3.30. The van der Waals surface area contributed by atoms with Crippen molar-refractivity contribution in [2.45, 2.75) is 5.85 Å². The first-order valence-corrected chi connectivity index (χ1v) is 9.76. The maximum atomic E-state index is 14.1. The number of hydrogen-bond acceptors (Lipinski definition) is 4. The fourth-order valence-electron chi connectivity index (χ4n) is 3.01. The largest absolute Gasteiger partial charge is 0.454 e. The zero-order valence-corrected chi connectivity index (χ0v) is 14.3. The zero-order valence-electron chi connectivity index (χ0n) is 13.4. The van der Waals surface area contributed by atoms with E-state index in [9.17, 15) is 9.67 Å². The Labute approximate surface area is 146 Å². The standard InChI is InChI=1S/C20H17O4P/c21-20(15-11-12-18-19(13-15)24-14-23-18)25(22,16-7-3-1-4-8-16)17-9-5-2-6-10-17/h1-13,20-21H,14H2/t20-/m0/s1. The maximum absolute atomic E-state index is 14.1. The van der Waals surface area contributed by atoms with E-state index in [1.54, 1.807) is 42.5 Å². The molecule has 25 heavy (non-hydrogen) atoms. The molecule has 4 rings (SSSR count). The predicted octanol–water partition coefficient (Wildman–Crippen LogP) is 3.42. The quantitative estimate of drug-likeness (QED) is 0.731. The van der Waals surface area contributed by atoms with Gasteiger partial charge in [-0.2, -0.15) is 0 Å². The van der Waals surface area contributed by atoms with E-state index < -0.39 is 13.0 Å². The van der Waals surface area contributed by atoms with Gasteiger partial charge in [-0.1, -0.05) is 66.7 Å². The van der Waals surface area contributed by atoms with Crippen molar-refractivity contribution in [2.24, 2.45) is 0 Å². The molecule has 0 bridgehead atoms. The van der Waals surface area contributed by atoms with Gasteiger partial charge in [0, 0.05) is 10.6 Å². The van der Waals surface area contributed by atoms with E-state index in [1.165, 1.54) is 0 Å². The summed E-state index contributed by atoms with van der Waals surface area (Å²) in [5, 5.41) is 12.4. The van der Waals surface area contributed by atoms with Crippen molar-refractivity contribution in [3.63, 3.8) is 0 Å². The molecule has 0 aromatic heterocycles. The summed E-state index contributed by atoms with van der Waals surface area (Å²) in [6.45, 7) is 0.157. The van der Waals surface area contributed by atoms with Crippen molar-refractivity contribution in [1.29, 1.82) is 0 Å². The van der Waals surface area contributed by atoms with E-state index in [-0.39, 0.29) is 6.79 Å². The zero-order chi connectivity index (χ0) is 17.3. The second-order valence-electron chi connectivity index (χ2n) is 5.82. The first-order valence-electron chi connectivity index (χ1n) is 7.98. The molecule has 0 aliphatic carbocycles. The van der Waals surface area contributed by atoms with Gasteiger partial charge in [0.25, 0.3) is 0 Å². The molecule has 126 valence electrons. The van der Waals surface area contributed by atoms with Crippen molar-refractivity contribution < 1.29 is 19.1 Å². The summed E-state index contributed by atoms with van der Waals surface area (Å²) >= 11 is 0. The Kier molecular flexibility index (Phi) is 4.08. The Bertz CT molecular complexity index is 881. The number of benzene rings is 3. The van der Waals surface area contributed by atoms with Gasteiger partial charge in [0.2, 0.25) is 6.79 Å². The number of aliphatic hydroxyl groups is 1. The highest BCUT2D eigenvalue weighted by Crippen LogP contribution is 2.56. The molecule has 5 heteroatoms. The third-order valence-electron chi connectivity index (χ3n) is 4.32. The molecule has 3 aromatic carbocycles. The molecule has 1 heterocycles. The normalized spacial score (nSPS) is 14.3. The van der Waals surface area contributed by atoms with Crippen LogP contribution in [0.3, 0.4) is 0 Å². The van der Waals surface area contributed by atoms with Crippen molar-refractivity contribution in [3.8, 4) is 11.5 Å². The van der Waals surface area contributed by atoms with E-state index in [0.29, 0.717) is 27.7 Å². The summed E-state index contributed by atoms with van der Waals surface area (Å²) in [6.07, 6.45) is 0. The van der Waals surface area contributed by atoms with Gasteiger partial charge in [-0.25, -0.2) is 0 Å². The van der Waals surface area contributed by atoms with E-state index in [4.69, 9.17) is 9.47 Å². The van der Waals surface area contributed by atoms with Crippen LogP contribution in [0.1, 0.15) is 11.4 Å². The van der Waals surface area contributed by atoms with E-state index in [2.05, 4.69) is 0 Å². The summed E-state index contributed by atoms with van der Waals surface area (Å²) in [6, 6.07) is 23.4. The van der Waals surface area contributed by atoms with Gasteiger partial charge < -0.3 is 19.1 Å². The Morgan fingerprint density at radius 2 is 1.36 bits per heavy atom. The lowest BCUT2D eigenvalue weighted by molar-refractivity contribution is 0.173. The highest BCUT2D eigenvalue weighted by Gasteiger charge is 2.37.